The Kier molecular flexibility index (Phi) is 5.01. The van der Waals surface area contributed by atoms with Crippen LogP contribution >= 0.6 is 0 Å². The van der Waals surface area contributed by atoms with Crippen molar-refractivity contribution in [1.82, 2.24) is 4.90 Å². The molecule has 0 saturated carbocycles. The second kappa shape index (κ2) is 7.36. The van der Waals surface area contributed by atoms with E-state index in [1.807, 2.05) is 60.4 Å². The van der Waals surface area contributed by atoms with E-state index < -0.39 is 0 Å². The first-order valence-electron chi connectivity index (χ1n) is 8.13. The molecule has 0 saturated heterocycles. The van der Waals surface area contributed by atoms with Gasteiger partial charge in [0, 0.05) is 24.9 Å². The van der Waals surface area contributed by atoms with Gasteiger partial charge in [-0.3, -0.25) is 4.79 Å². The van der Waals surface area contributed by atoms with Crippen LogP contribution in [0.4, 0.5) is 5.69 Å². The maximum atomic E-state index is 12.8. The summed E-state index contributed by atoms with van der Waals surface area (Å²) in [6, 6.07) is 15.4. The lowest BCUT2D eigenvalue weighted by atomic mass is 10.0. The molecular formula is C19H22N2O3. The predicted octanol–water partition coefficient (Wildman–Crippen LogP) is 3.30. The molecule has 1 aliphatic heterocycles. The van der Waals surface area contributed by atoms with Crippen LogP contribution in [-0.2, 0) is 4.74 Å². The lowest BCUT2D eigenvalue weighted by molar-refractivity contribution is 0.0691. The number of nitrogens with one attached hydrogen (secondary N) is 1. The monoisotopic (exact) mass is 326 g/mol. The minimum absolute atomic E-state index is 0.0311. The van der Waals surface area contributed by atoms with Crippen molar-refractivity contribution in [1.29, 1.82) is 0 Å². The number of anilines is 1. The van der Waals surface area contributed by atoms with E-state index in [0.29, 0.717) is 25.3 Å². The highest BCUT2D eigenvalue weighted by atomic mass is 16.5. The van der Waals surface area contributed by atoms with Crippen molar-refractivity contribution in [2.24, 2.45) is 0 Å². The largest absolute Gasteiger partial charge is 0.491 e. The van der Waals surface area contributed by atoms with Crippen molar-refractivity contribution in [3.05, 3.63) is 59.7 Å². The van der Waals surface area contributed by atoms with Gasteiger partial charge in [0.25, 0.3) is 5.91 Å². The fraction of sp³-hybridized carbons (Fsp3) is 0.316. The standard InChI is InChI=1S/C19H22N2O3/c1-3-21-18(20-16-10-6-4-8-14(16)19(21)22)15-9-5-7-11-17(15)24-13-12-23-2/h4-11,18,20H,3,12-13H2,1-2H3. The van der Waals surface area contributed by atoms with E-state index in [0.717, 1.165) is 17.0 Å². The summed E-state index contributed by atoms with van der Waals surface area (Å²) < 4.78 is 10.9. The number of hydrogen-bond donors (Lipinski definition) is 1. The van der Waals surface area contributed by atoms with Crippen molar-refractivity contribution in [2.75, 3.05) is 32.2 Å². The summed E-state index contributed by atoms with van der Waals surface area (Å²) in [5.74, 6) is 0.793. The zero-order chi connectivity index (χ0) is 16.9. The van der Waals surface area contributed by atoms with Gasteiger partial charge in [0.1, 0.15) is 18.5 Å². The zero-order valence-corrected chi connectivity index (χ0v) is 14.0. The first-order chi connectivity index (χ1) is 11.8. The molecule has 0 aliphatic carbocycles. The third-order valence-electron chi connectivity index (χ3n) is 4.12. The number of carbonyl (C=O) groups is 1. The fourth-order valence-corrected chi connectivity index (χ4v) is 2.94. The molecule has 24 heavy (non-hydrogen) atoms. The molecule has 1 amide bonds. The summed E-state index contributed by atoms with van der Waals surface area (Å²) in [6.45, 7) is 3.58. The Morgan fingerprint density at radius 2 is 1.83 bits per heavy atom. The minimum Gasteiger partial charge on any atom is -0.491 e. The average Bonchev–Trinajstić information content (AvgIpc) is 2.62. The molecule has 0 aromatic heterocycles. The van der Waals surface area contributed by atoms with Crippen LogP contribution in [0.2, 0.25) is 0 Å². The van der Waals surface area contributed by atoms with Crippen molar-refractivity contribution in [3.63, 3.8) is 0 Å². The lowest BCUT2D eigenvalue weighted by Crippen LogP contribution is -2.42. The molecule has 1 heterocycles. The number of carbonyl (C=O) groups excluding carboxylic acids is 1. The number of nitrogens with zero attached hydrogens (tertiary/aromatic N) is 1. The van der Waals surface area contributed by atoms with Crippen LogP contribution in [0, 0.1) is 0 Å². The molecule has 2 aromatic rings. The minimum atomic E-state index is -0.254. The molecule has 0 spiro atoms. The molecule has 1 N–H and O–H groups in total. The second-order valence-corrected chi connectivity index (χ2v) is 5.56. The summed E-state index contributed by atoms with van der Waals surface area (Å²) >= 11 is 0. The van der Waals surface area contributed by atoms with Crippen LogP contribution in [0.1, 0.15) is 29.0 Å². The molecule has 5 heteroatoms. The van der Waals surface area contributed by atoms with Crippen molar-refractivity contribution in [3.8, 4) is 5.75 Å². The van der Waals surface area contributed by atoms with E-state index in [1.54, 1.807) is 7.11 Å². The van der Waals surface area contributed by atoms with Gasteiger partial charge in [0.05, 0.1) is 12.2 Å². The van der Waals surface area contributed by atoms with Crippen LogP contribution in [0.5, 0.6) is 5.75 Å². The first-order valence-corrected chi connectivity index (χ1v) is 8.13. The number of hydrogen-bond acceptors (Lipinski definition) is 4. The van der Waals surface area contributed by atoms with Crippen molar-refractivity contribution in [2.45, 2.75) is 13.1 Å². The van der Waals surface area contributed by atoms with Gasteiger partial charge in [-0.2, -0.15) is 0 Å². The molecular weight excluding hydrogens is 304 g/mol. The molecule has 0 radical (unpaired) electrons. The summed E-state index contributed by atoms with van der Waals surface area (Å²) in [7, 11) is 1.65. The number of amides is 1. The molecule has 1 atom stereocenters. The molecule has 0 fully saturated rings. The molecule has 126 valence electrons. The fourth-order valence-electron chi connectivity index (χ4n) is 2.94. The Hall–Kier alpha value is -2.53. The Labute approximate surface area is 142 Å². The first kappa shape index (κ1) is 16.3. The van der Waals surface area contributed by atoms with Gasteiger partial charge < -0.3 is 19.7 Å². The smallest absolute Gasteiger partial charge is 0.257 e. The number of rotatable bonds is 6. The number of para-hydroxylation sites is 2. The van der Waals surface area contributed by atoms with E-state index >= 15 is 0 Å². The van der Waals surface area contributed by atoms with Crippen molar-refractivity contribution >= 4 is 11.6 Å². The van der Waals surface area contributed by atoms with Crippen LogP contribution in [0.15, 0.2) is 48.5 Å². The topological polar surface area (TPSA) is 50.8 Å². The normalized spacial score (nSPS) is 16.5. The Morgan fingerprint density at radius 1 is 1.08 bits per heavy atom. The van der Waals surface area contributed by atoms with Gasteiger partial charge >= 0.3 is 0 Å². The van der Waals surface area contributed by atoms with E-state index in [1.165, 1.54) is 0 Å². The van der Waals surface area contributed by atoms with Crippen molar-refractivity contribution < 1.29 is 14.3 Å². The quantitative estimate of drug-likeness (QED) is 0.828. The van der Waals surface area contributed by atoms with Gasteiger partial charge in [0.15, 0.2) is 0 Å². The molecule has 0 bridgehead atoms. The predicted molar refractivity (Wildman–Crippen MR) is 93.3 cm³/mol. The van der Waals surface area contributed by atoms with Crippen LogP contribution in [-0.4, -0.2) is 37.7 Å². The summed E-state index contributed by atoms with van der Waals surface area (Å²) in [5.41, 5.74) is 2.50. The molecule has 2 aromatic carbocycles. The lowest BCUT2D eigenvalue weighted by Gasteiger charge is -2.38. The third-order valence-corrected chi connectivity index (χ3v) is 4.12. The summed E-state index contributed by atoms with van der Waals surface area (Å²) in [6.07, 6.45) is -0.254. The second-order valence-electron chi connectivity index (χ2n) is 5.56. The van der Waals surface area contributed by atoms with E-state index in [-0.39, 0.29) is 12.1 Å². The number of methoxy groups -OCH3 is 1. The third kappa shape index (κ3) is 3.08. The summed E-state index contributed by atoms with van der Waals surface area (Å²) in [5, 5.41) is 3.47. The van der Waals surface area contributed by atoms with E-state index in [4.69, 9.17) is 9.47 Å². The highest BCUT2D eigenvalue weighted by Crippen LogP contribution is 2.36. The van der Waals surface area contributed by atoms with Gasteiger partial charge in [-0.25, -0.2) is 0 Å². The van der Waals surface area contributed by atoms with Crippen LogP contribution < -0.4 is 10.1 Å². The van der Waals surface area contributed by atoms with Crippen LogP contribution in [0.25, 0.3) is 0 Å². The van der Waals surface area contributed by atoms with E-state index in [2.05, 4.69) is 5.32 Å². The van der Waals surface area contributed by atoms with Gasteiger partial charge in [-0.15, -0.1) is 0 Å². The molecule has 1 aliphatic rings. The molecule has 5 nitrogen and oxygen atoms in total. The Bertz CT molecular complexity index is 717. The number of benzene rings is 2. The van der Waals surface area contributed by atoms with Gasteiger partial charge in [-0.1, -0.05) is 30.3 Å². The molecule has 1 unspecified atom stereocenters. The summed E-state index contributed by atoms with van der Waals surface area (Å²) in [4.78, 5) is 14.6. The maximum Gasteiger partial charge on any atom is 0.257 e. The molecule has 3 rings (SSSR count). The highest BCUT2D eigenvalue weighted by molar-refractivity contribution is 6.01. The number of ether oxygens (including phenoxy) is 2. The average molecular weight is 326 g/mol. The Balaban J connectivity index is 1.95. The maximum absolute atomic E-state index is 12.8. The van der Waals surface area contributed by atoms with Gasteiger partial charge in [0.2, 0.25) is 0 Å². The van der Waals surface area contributed by atoms with Gasteiger partial charge in [-0.05, 0) is 25.1 Å². The van der Waals surface area contributed by atoms with Crippen LogP contribution in [0.3, 0.4) is 0 Å². The highest BCUT2D eigenvalue weighted by Gasteiger charge is 2.33. The van der Waals surface area contributed by atoms with E-state index in [9.17, 15) is 4.79 Å². The number of fused-ring (bicyclic) bond motifs is 1. The SMILES string of the molecule is CCN1C(=O)c2ccccc2NC1c1ccccc1OCCOC. The Morgan fingerprint density at radius 3 is 2.62 bits per heavy atom. The zero-order valence-electron chi connectivity index (χ0n) is 14.0.